The molecule has 1 heterocycles. The number of hydrazone groups is 1. The van der Waals surface area contributed by atoms with E-state index < -0.39 is 5.97 Å². The number of nitrogens with zero attached hydrogens (tertiary/aromatic N) is 2. The van der Waals surface area contributed by atoms with Crippen LogP contribution in [0.5, 0.6) is 5.75 Å². The molecule has 1 aromatic heterocycles. The molecule has 0 atom stereocenters. The normalized spacial score (nSPS) is 10.6. The van der Waals surface area contributed by atoms with Crippen LogP contribution in [0, 0.1) is 3.57 Å². The van der Waals surface area contributed by atoms with Gasteiger partial charge in [0.25, 0.3) is 5.91 Å². The van der Waals surface area contributed by atoms with Gasteiger partial charge in [0, 0.05) is 21.5 Å². The van der Waals surface area contributed by atoms with Crippen LogP contribution < -0.4 is 10.2 Å². The smallest absolute Gasteiger partial charge is 0.344 e. The molecule has 1 N–H and O–H groups in total. The van der Waals surface area contributed by atoms with Gasteiger partial charge in [-0.05, 0) is 76.7 Å². The molecule has 2 aromatic carbocycles. The minimum atomic E-state index is -0.411. The molecule has 3 aromatic rings. The highest BCUT2D eigenvalue weighted by molar-refractivity contribution is 14.1. The van der Waals surface area contributed by atoms with Crippen LogP contribution in [0.3, 0.4) is 0 Å². The fraction of sp³-hybridized carbons (Fsp3) is 0. The average Bonchev–Trinajstić information content (AvgIpc) is 2.70. The van der Waals surface area contributed by atoms with Gasteiger partial charge in [-0.3, -0.25) is 9.78 Å². The summed E-state index contributed by atoms with van der Waals surface area (Å²) in [5.41, 5.74) is 4.18. The van der Waals surface area contributed by atoms with Crippen molar-refractivity contribution in [1.82, 2.24) is 10.4 Å². The SMILES string of the molecule is O=C(NN=Cc1ccc(OC(=O)c2ccccc2I)cc1)c1ccncc1. The van der Waals surface area contributed by atoms with Crippen LogP contribution >= 0.6 is 22.6 Å². The highest BCUT2D eigenvalue weighted by Crippen LogP contribution is 2.17. The van der Waals surface area contributed by atoms with Gasteiger partial charge in [0.2, 0.25) is 0 Å². The standard InChI is InChI=1S/C20H14IN3O3/c21-18-4-2-1-3-17(18)20(26)27-16-7-5-14(6-8-16)13-23-24-19(25)15-9-11-22-12-10-15/h1-13H,(H,24,25). The Hall–Kier alpha value is -3.07. The van der Waals surface area contributed by atoms with Gasteiger partial charge < -0.3 is 4.74 Å². The number of aromatic nitrogens is 1. The number of benzene rings is 2. The maximum Gasteiger partial charge on any atom is 0.344 e. The summed E-state index contributed by atoms with van der Waals surface area (Å²) in [6.07, 6.45) is 4.58. The molecule has 6 nitrogen and oxygen atoms in total. The molecule has 0 aliphatic carbocycles. The fourth-order valence-corrected chi connectivity index (χ4v) is 2.75. The van der Waals surface area contributed by atoms with Gasteiger partial charge in [-0.2, -0.15) is 5.10 Å². The molecule has 0 aliphatic heterocycles. The number of pyridine rings is 1. The molecule has 7 heteroatoms. The van der Waals surface area contributed by atoms with Crippen LogP contribution in [-0.2, 0) is 0 Å². The Morgan fingerprint density at radius 3 is 2.41 bits per heavy atom. The van der Waals surface area contributed by atoms with Gasteiger partial charge in [0.15, 0.2) is 0 Å². The zero-order chi connectivity index (χ0) is 19.1. The van der Waals surface area contributed by atoms with E-state index in [1.165, 1.54) is 18.6 Å². The van der Waals surface area contributed by atoms with Crippen molar-refractivity contribution in [3.05, 3.63) is 93.3 Å². The van der Waals surface area contributed by atoms with Crippen molar-refractivity contribution < 1.29 is 14.3 Å². The summed E-state index contributed by atoms with van der Waals surface area (Å²) in [5.74, 6) is -0.305. The summed E-state index contributed by atoms with van der Waals surface area (Å²) in [5, 5.41) is 3.91. The maximum atomic E-state index is 12.2. The molecule has 0 fully saturated rings. The van der Waals surface area contributed by atoms with Crippen molar-refractivity contribution in [3.8, 4) is 5.75 Å². The third-order valence-corrected chi connectivity index (χ3v) is 4.45. The van der Waals surface area contributed by atoms with E-state index in [9.17, 15) is 9.59 Å². The largest absolute Gasteiger partial charge is 0.423 e. The fourth-order valence-electron chi connectivity index (χ4n) is 2.14. The number of carbonyl (C=O) groups excluding carboxylic acids is 2. The third kappa shape index (κ3) is 5.20. The molecule has 27 heavy (non-hydrogen) atoms. The summed E-state index contributed by atoms with van der Waals surface area (Å²) in [6, 6.07) is 17.2. The quantitative estimate of drug-likeness (QED) is 0.203. The summed E-state index contributed by atoms with van der Waals surface area (Å²) < 4.78 is 6.20. The summed E-state index contributed by atoms with van der Waals surface area (Å²) >= 11 is 2.09. The molecule has 0 saturated carbocycles. The lowest BCUT2D eigenvalue weighted by atomic mass is 10.2. The van der Waals surface area contributed by atoms with Gasteiger partial charge in [0.1, 0.15) is 5.75 Å². The van der Waals surface area contributed by atoms with Gasteiger partial charge >= 0.3 is 5.97 Å². The molecule has 0 spiro atoms. The Morgan fingerprint density at radius 1 is 1.00 bits per heavy atom. The van der Waals surface area contributed by atoms with Crippen molar-refractivity contribution in [3.63, 3.8) is 0 Å². The van der Waals surface area contributed by atoms with Gasteiger partial charge in [-0.25, -0.2) is 10.2 Å². The van der Waals surface area contributed by atoms with Gasteiger partial charge in [-0.15, -0.1) is 0 Å². The number of carbonyl (C=O) groups is 2. The van der Waals surface area contributed by atoms with Crippen molar-refractivity contribution in [2.45, 2.75) is 0 Å². The second kappa shape index (κ2) is 9.04. The Morgan fingerprint density at radius 2 is 1.70 bits per heavy atom. The molecule has 134 valence electrons. The lowest BCUT2D eigenvalue weighted by Gasteiger charge is -2.06. The molecule has 1 amide bonds. The second-order valence-corrected chi connectivity index (χ2v) is 6.54. The predicted octanol–water partition coefficient (Wildman–Crippen LogP) is 3.67. The lowest BCUT2D eigenvalue weighted by Crippen LogP contribution is -2.17. The van der Waals surface area contributed by atoms with E-state index in [0.717, 1.165) is 9.13 Å². The van der Waals surface area contributed by atoms with Crippen LogP contribution in [0.4, 0.5) is 0 Å². The zero-order valence-electron chi connectivity index (χ0n) is 14.0. The number of nitrogens with one attached hydrogen (secondary N) is 1. The molecule has 0 unspecified atom stereocenters. The van der Waals surface area contributed by atoms with E-state index in [1.807, 2.05) is 12.1 Å². The number of rotatable bonds is 5. The van der Waals surface area contributed by atoms with Crippen LogP contribution in [0.15, 0.2) is 78.2 Å². The van der Waals surface area contributed by atoms with Crippen LogP contribution in [-0.4, -0.2) is 23.1 Å². The minimum absolute atomic E-state index is 0.323. The molecule has 0 bridgehead atoms. The van der Waals surface area contributed by atoms with E-state index in [4.69, 9.17) is 4.74 Å². The molecule has 0 radical (unpaired) electrons. The number of ether oxygens (including phenoxy) is 1. The Labute approximate surface area is 169 Å². The Kier molecular flexibility index (Phi) is 6.26. The van der Waals surface area contributed by atoms with Crippen molar-refractivity contribution >= 4 is 40.7 Å². The summed E-state index contributed by atoms with van der Waals surface area (Å²) in [7, 11) is 0. The number of esters is 1. The first-order chi connectivity index (χ1) is 13.1. The first-order valence-electron chi connectivity index (χ1n) is 7.94. The van der Waals surface area contributed by atoms with E-state index in [0.29, 0.717) is 16.9 Å². The molecule has 0 aliphatic rings. The minimum Gasteiger partial charge on any atom is -0.423 e. The second-order valence-electron chi connectivity index (χ2n) is 5.37. The molecule has 0 saturated heterocycles. The molecular weight excluding hydrogens is 457 g/mol. The number of hydrogen-bond donors (Lipinski definition) is 1. The first kappa shape index (κ1) is 18.7. The van der Waals surface area contributed by atoms with E-state index in [-0.39, 0.29) is 5.91 Å². The number of halogens is 1. The topological polar surface area (TPSA) is 80.6 Å². The monoisotopic (exact) mass is 471 g/mol. The molecular formula is C20H14IN3O3. The lowest BCUT2D eigenvalue weighted by molar-refractivity contribution is 0.0733. The van der Waals surface area contributed by atoms with Gasteiger partial charge in [0.05, 0.1) is 11.8 Å². The highest BCUT2D eigenvalue weighted by Gasteiger charge is 2.11. The van der Waals surface area contributed by atoms with E-state index in [2.05, 4.69) is 38.1 Å². The predicted molar refractivity (Wildman–Crippen MR) is 110 cm³/mol. The number of hydrogen-bond acceptors (Lipinski definition) is 5. The summed E-state index contributed by atoms with van der Waals surface area (Å²) in [4.78, 5) is 27.9. The third-order valence-electron chi connectivity index (χ3n) is 3.51. The molecule has 3 rings (SSSR count). The average molecular weight is 471 g/mol. The van der Waals surface area contributed by atoms with Crippen LogP contribution in [0.2, 0.25) is 0 Å². The first-order valence-corrected chi connectivity index (χ1v) is 9.01. The van der Waals surface area contributed by atoms with Gasteiger partial charge in [-0.1, -0.05) is 12.1 Å². The van der Waals surface area contributed by atoms with Crippen molar-refractivity contribution in [2.24, 2.45) is 5.10 Å². The van der Waals surface area contributed by atoms with Crippen molar-refractivity contribution in [2.75, 3.05) is 0 Å². The highest BCUT2D eigenvalue weighted by atomic mass is 127. The maximum absolute atomic E-state index is 12.2. The van der Waals surface area contributed by atoms with Crippen molar-refractivity contribution in [1.29, 1.82) is 0 Å². The summed E-state index contributed by atoms with van der Waals surface area (Å²) in [6.45, 7) is 0. The van der Waals surface area contributed by atoms with Crippen LogP contribution in [0.1, 0.15) is 26.3 Å². The Balaban J connectivity index is 1.58. The number of amides is 1. The van der Waals surface area contributed by atoms with E-state index in [1.54, 1.807) is 48.5 Å². The Bertz CT molecular complexity index is 973. The zero-order valence-corrected chi connectivity index (χ0v) is 16.2. The van der Waals surface area contributed by atoms with Crippen LogP contribution in [0.25, 0.3) is 0 Å². The van der Waals surface area contributed by atoms with E-state index >= 15 is 0 Å².